The molecule has 0 saturated heterocycles. The number of rotatable bonds is 4. The molecule has 0 spiro atoms. The molecule has 0 aliphatic heterocycles. The Morgan fingerprint density at radius 2 is 2.35 bits per heavy atom. The summed E-state index contributed by atoms with van der Waals surface area (Å²) in [6, 6.07) is 7.83. The molecule has 0 aliphatic rings. The van der Waals surface area contributed by atoms with Crippen LogP contribution in [0.5, 0.6) is 0 Å². The molecule has 0 unspecified atom stereocenters. The molecule has 0 atom stereocenters. The minimum Gasteiger partial charge on any atom is -0.347 e. The first kappa shape index (κ1) is 12.9. The number of carbonyl (C=O) groups excluding carboxylic acids is 1. The zero-order valence-corrected chi connectivity index (χ0v) is 12.0. The maximum absolute atomic E-state index is 12.3. The molecule has 0 fully saturated rings. The summed E-state index contributed by atoms with van der Waals surface area (Å²) >= 11 is 1.66. The molecule has 1 N–H and O–H groups in total. The van der Waals surface area contributed by atoms with Gasteiger partial charge in [-0.15, -0.1) is 11.3 Å². The fourth-order valence-corrected chi connectivity index (χ4v) is 3.10. The largest absolute Gasteiger partial charge is 0.347 e. The van der Waals surface area contributed by atoms with Gasteiger partial charge in [-0.1, -0.05) is 6.07 Å². The van der Waals surface area contributed by atoms with Crippen molar-refractivity contribution in [3.05, 3.63) is 53.3 Å². The molecule has 20 heavy (non-hydrogen) atoms. The smallest absolute Gasteiger partial charge is 0.268 e. The van der Waals surface area contributed by atoms with E-state index in [1.54, 1.807) is 23.7 Å². The second kappa shape index (κ2) is 5.46. The van der Waals surface area contributed by atoms with Gasteiger partial charge in [0.15, 0.2) is 0 Å². The molecule has 1 amide bonds. The number of fused-ring (bicyclic) bond motifs is 1. The number of aryl methyl sites for hydroxylation is 1. The highest BCUT2D eigenvalue weighted by Crippen LogP contribution is 2.25. The van der Waals surface area contributed by atoms with Crippen LogP contribution < -0.4 is 5.32 Å². The van der Waals surface area contributed by atoms with Gasteiger partial charge in [0.05, 0.1) is 10.2 Å². The van der Waals surface area contributed by atoms with Crippen molar-refractivity contribution in [2.45, 2.75) is 20.0 Å². The normalized spacial score (nSPS) is 10.8. The van der Waals surface area contributed by atoms with Crippen molar-refractivity contribution in [1.29, 1.82) is 0 Å². The number of pyridine rings is 1. The number of nitrogens with zero attached hydrogens (tertiary/aromatic N) is 2. The van der Waals surface area contributed by atoms with E-state index in [-0.39, 0.29) is 5.91 Å². The van der Waals surface area contributed by atoms with Crippen LogP contribution in [0.3, 0.4) is 0 Å². The average Bonchev–Trinajstić information content (AvgIpc) is 3.06. The molecular formula is C15H15N3OS. The second-order valence-corrected chi connectivity index (χ2v) is 5.44. The lowest BCUT2D eigenvalue weighted by molar-refractivity contribution is 0.0942. The Kier molecular flexibility index (Phi) is 3.52. The van der Waals surface area contributed by atoms with E-state index in [1.165, 1.54) is 0 Å². The van der Waals surface area contributed by atoms with E-state index < -0.39 is 0 Å². The van der Waals surface area contributed by atoms with E-state index >= 15 is 0 Å². The van der Waals surface area contributed by atoms with Crippen molar-refractivity contribution in [1.82, 2.24) is 14.9 Å². The van der Waals surface area contributed by atoms with Gasteiger partial charge in [-0.2, -0.15) is 0 Å². The summed E-state index contributed by atoms with van der Waals surface area (Å²) in [5.41, 5.74) is 2.85. The van der Waals surface area contributed by atoms with Crippen LogP contribution in [0, 0.1) is 0 Å². The lowest BCUT2D eigenvalue weighted by Gasteiger charge is -2.08. The van der Waals surface area contributed by atoms with Crippen molar-refractivity contribution in [2.75, 3.05) is 0 Å². The lowest BCUT2D eigenvalue weighted by atomic mass is 10.3. The Morgan fingerprint density at radius 1 is 1.45 bits per heavy atom. The zero-order chi connectivity index (χ0) is 13.9. The van der Waals surface area contributed by atoms with Crippen LogP contribution in [-0.2, 0) is 13.1 Å². The second-order valence-electron chi connectivity index (χ2n) is 4.49. The highest BCUT2D eigenvalue weighted by molar-refractivity contribution is 7.17. The SMILES string of the molecule is CCn1c(C(=O)NCc2cccnc2)cc2sccc21. The zero-order valence-electron chi connectivity index (χ0n) is 11.2. The maximum Gasteiger partial charge on any atom is 0.268 e. The van der Waals surface area contributed by atoms with Gasteiger partial charge in [0.2, 0.25) is 0 Å². The number of amides is 1. The Balaban J connectivity index is 1.80. The van der Waals surface area contributed by atoms with Crippen LogP contribution >= 0.6 is 11.3 Å². The first-order valence-electron chi connectivity index (χ1n) is 6.53. The van der Waals surface area contributed by atoms with E-state index in [0.29, 0.717) is 6.54 Å². The summed E-state index contributed by atoms with van der Waals surface area (Å²) in [5, 5.41) is 5.00. The van der Waals surface area contributed by atoms with E-state index in [1.807, 2.05) is 28.1 Å². The maximum atomic E-state index is 12.3. The molecule has 4 nitrogen and oxygen atoms in total. The van der Waals surface area contributed by atoms with Gasteiger partial charge in [-0.25, -0.2) is 0 Å². The monoisotopic (exact) mass is 285 g/mol. The van der Waals surface area contributed by atoms with Gasteiger partial charge < -0.3 is 9.88 Å². The molecule has 5 heteroatoms. The number of nitrogens with one attached hydrogen (secondary N) is 1. The van der Waals surface area contributed by atoms with Crippen molar-refractivity contribution in [3.8, 4) is 0 Å². The van der Waals surface area contributed by atoms with Crippen LogP contribution in [0.15, 0.2) is 42.0 Å². The molecule has 0 bridgehead atoms. The Labute approximate surface area is 121 Å². The van der Waals surface area contributed by atoms with Gasteiger partial charge in [0, 0.05) is 25.5 Å². The summed E-state index contributed by atoms with van der Waals surface area (Å²) < 4.78 is 3.20. The van der Waals surface area contributed by atoms with Crippen molar-refractivity contribution < 1.29 is 4.79 Å². The van der Waals surface area contributed by atoms with Gasteiger partial charge in [-0.3, -0.25) is 9.78 Å². The molecule has 0 aliphatic carbocycles. The Morgan fingerprint density at radius 3 is 3.10 bits per heavy atom. The minimum atomic E-state index is -0.0425. The molecule has 3 aromatic heterocycles. The van der Waals surface area contributed by atoms with E-state index in [2.05, 4.69) is 23.3 Å². The number of aromatic nitrogens is 2. The van der Waals surface area contributed by atoms with Crippen molar-refractivity contribution in [2.24, 2.45) is 0 Å². The molecule has 0 aromatic carbocycles. The third kappa shape index (κ3) is 2.32. The average molecular weight is 285 g/mol. The van der Waals surface area contributed by atoms with E-state index in [9.17, 15) is 4.79 Å². The van der Waals surface area contributed by atoms with Crippen molar-refractivity contribution >= 4 is 27.5 Å². The van der Waals surface area contributed by atoms with Crippen LogP contribution in [0.4, 0.5) is 0 Å². The summed E-state index contributed by atoms with van der Waals surface area (Å²) in [4.78, 5) is 16.4. The van der Waals surface area contributed by atoms with Gasteiger partial charge in [-0.05, 0) is 36.1 Å². The summed E-state index contributed by atoms with van der Waals surface area (Å²) in [5.74, 6) is -0.0425. The third-order valence-corrected chi connectivity index (χ3v) is 4.10. The van der Waals surface area contributed by atoms with Gasteiger partial charge in [0.25, 0.3) is 5.91 Å². The topological polar surface area (TPSA) is 46.9 Å². The number of hydrogen-bond donors (Lipinski definition) is 1. The summed E-state index contributed by atoms with van der Waals surface area (Å²) in [6.07, 6.45) is 3.49. The first-order valence-corrected chi connectivity index (χ1v) is 7.41. The molecule has 0 radical (unpaired) electrons. The van der Waals surface area contributed by atoms with Crippen LogP contribution in [-0.4, -0.2) is 15.5 Å². The van der Waals surface area contributed by atoms with Gasteiger partial charge in [0.1, 0.15) is 5.69 Å². The quantitative estimate of drug-likeness (QED) is 0.801. The predicted octanol–water partition coefficient (Wildman–Crippen LogP) is 3.05. The number of thiophene rings is 1. The fraction of sp³-hybridized carbons (Fsp3) is 0.200. The molecule has 102 valence electrons. The molecule has 0 saturated carbocycles. The lowest BCUT2D eigenvalue weighted by Crippen LogP contribution is -2.25. The van der Waals surface area contributed by atoms with E-state index in [4.69, 9.17) is 0 Å². The summed E-state index contributed by atoms with van der Waals surface area (Å²) in [6.45, 7) is 3.33. The molecule has 3 heterocycles. The molecular weight excluding hydrogens is 270 g/mol. The first-order chi connectivity index (χ1) is 9.79. The van der Waals surface area contributed by atoms with Gasteiger partial charge >= 0.3 is 0 Å². The Hall–Kier alpha value is -2.14. The van der Waals surface area contributed by atoms with Crippen LogP contribution in [0.1, 0.15) is 23.0 Å². The highest BCUT2D eigenvalue weighted by Gasteiger charge is 2.14. The number of carbonyl (C=O) groups is 1. The number of hydrogen-bond acceptors (Lipinski definition) is 3. The van der Waals surface area contributed by atoms with E-state index in [0.717, 1.165) is 28.0 Å². The third-order valence-electron chi connectivity index (χ3n) is 3.25. The van der Waals surface area contributed by atoms with Crippen molar-refractivity contribution in [3.63, 3.8) is 0 Å². The Bertz CT molecular complexity index is 730. The highest BCUT2D eigenvalue weighted by atomic mass is 32.1. The standard InChI is InChI=1S/C15H15N3OS/c1-2-18-12-5-7-20-14(12)8-13(18)15(19)17-10-11-4-3-6-16-9-11/h3-9H,2,10H2,1H3,(H,17,19). The van der Waals surface area contributed by atoms with Crippen LogP contribution in [0.25, 0.3) is 10.2 Å². The molecule has 3 rings (SSSR count). The molecule has 3 aromatic rings. The fourth-order valence-electron chi connectivity index (χ4n) is 2.28. The van der Waals surface area contributed by atoms with Crippen LogP contribution in [0.2, 0.25) is 0 Å². The predicted molar refractivity (Wildman–Crippen MR) is 80.9 cm³/mol. The summed E-state index contributed by atoms with van der Waals surface area (Å²) in [7, 11) is 0. The minimum absolute atomic E-state index is 0.0425.